The quantitative estimate of drug-likeness (QED) is 0.768. The second-order valence-electron chi connectivity index (χ2n) is 5.88. The zero-order valence-corrected chi connectivity index (χ0v) is 12.8. The molecule has 1 aliphatic rings. The van der Waals surface area contributed by atoms with Gasteiger partial charge in [0.15, 0.2) is 0 Å². The number of piperazine rings is 1. The Labute approximate surface area is 125 Å². The highest BCUT2D eigenvalue weighted by molar-refractivity contribution is 5.94. The predicted octanol–water partition coefficient (Wildman–Crippen LogP) is 0.592. The van der Waals surface area contributed by atoms with E-state index in [4.69, 9.17) is 5.11 Å². The van der Waals surface area contributed by atoms with E-state index in [0.29, 0.717) is 24.2 Å². The molecule has 1 N–H and O–H groups in total. The number of likely N-dealkylation sites (N-methyl/N-ethyl adjacent to an activating group) is 1. The molecule has 0 radical (unpaired) electrons. The minimum absolute atomic E-state index is 0.0173. The second kappa shape index (κ2) is 6.25. The Balaban J connectivity index is 2.17. The van der Waals surface area contributed by atoms with Crippen LogP contribution in [0.5, 0.6) is 0 Å². The van der Waals surface area contributed by atoms with Crippen LogP contribution in [0, 0.1) is 11.8 Å². The van der Waals surface area contributed by atoms with Gasteiger partial charge in [-0.2, -0.15) is 0 Å². The van der Waals surface area contributed by atoms with Gasteiger partial charge in [-0.25, -0.2) is 0 Å². The monoisotopic (exact) mass is 287 g/mol. The smallest absolute Gasteiger partial charge is 0.255 e. The molecule has 0 bridgehead atoms. The molecule has 0 aliphatic carbocycles. The van der Waals surface area contributed by atoms with Crippen LogP contribution in [0.4, 0.5) is 0 Å². The first-order valence-corrected chi connectivity index (χ1v) is 6.99. The Hall–Kier alpha value is -1.90. The lowest BCUT2D eigenvalue weighted by atomic mass is 9.99. The van der Waals surface area contributed by atoms with Crippen molar-refractivity contribution in [2.45, 2.75) is 19.4 Å². The molecular formula is C16H21N3O2. The van der Waals surface area contributed by atoms with E-state index in [1.54, 1.807) is 18.5 Å². The van der Waals surface area contributed by atoms with E-state index in [0.717, 1.165) is 6.54 Å². The van der Waals surface area contributed by atoms with Gasteiger partial charge in [0.2, 0.25) is 0 Å². The van der Waals surface area contributed by atoms with Gasteiger partial charge in [-0.3, -0.25) is 14.7 Å². The zero-order chi connectivity index (χ0) is 15.5. The molecule has 0 unspecified atom stereocenters. The fourth-order valence-electron chi connectivity index (χ4n) is 2.36. The molecule has 0 spiro atoms. The molecule has 1 fully saturated rings. The molecule has 21 heavy (non-hydrogen) atoms. The topological polar surface area (TPSA) is 56.7 Å². The summed E-state index contributed by atoms with van der Waals surface area (Å²) in [5.41, 5.74) is 1.15. The molecule has 5 nitrogen and oxygen atoms in total. The van der Waals surface area contributed by atoms with Gasteiger partial charge in [0.05, 0.1) is 5.56 Å². The van der Waals surface area contributed by atoms with Crippen molar-refractivity contribution in [1.29, 1.82) is 0 Å². The van der Waals surface area contributed by atoms with Crippen LogP contribution in [0.2, 0.25) is 0 Å². The maximum absolute atomic E-state index is 12.6. The van der Waals surface area contributed by atoms with E-state index in [1.165, 1.54) is 0 Å². The number of rotatable bonds is 1. The summed E-state index contributed by atoms with van der Waals surface area (Å²) in [6.45, 7) is 6.32. The van der Waals surface area contributed by atoms with Gasteiger partial charge in [-0.05, 0) is 27.0 Å². The number of aliphatic hydroxyl groups is 1. The van der Waals surface area contributed by atoms with Crippen LogP contribution in [0.15, 0.2) is 18.5 Å². The lowest BCUT2D eigenvalue weighted by molar-refractivity contribution is 0.0311. The Morgan fingerprint density at radius 2 is 2.19 bits per heavy atom. The number of hydrogen-bond donors (Lipinski definition) is 1. The summed E-state index contributed by atoms with van der Waals surface area (Å²) in [5.74, 6) is 5.32. The van der Waals surface area contributed by atoms with E-state index < -0.39 is 0 Å². The first-order valence-electron chi connectivity index (χ1n) is 6.99. The molecule has 1 aromatic heterocycles. The van der Waals surface area contributed by atoms with Gasteiger partial charge >= 0.3 is 0 Å². The first kappa shape index (κ1) is 15.5. The SMILES string of the molecule is CN1CCN(C(=O)c2cncc(C#CCO)c2)CC1(C)C. The number of aliphatic hydroxyl groups excluding tert-OH is 1. The third kappa shape index (κ3) is 3.60. The number of amides is 1. The van der Waals surface area contributed by atoms with E-state index in [1.807, 2.05) is 4.90 Å². The highest BCUT2D eigenvalue weighted by Crippen LogP contribution is 2.20. The van der Waals surface area contributed by atoms with Gasteiger partial charge in [-0.15, -0.1) is 0 Å². The highest BCUT2D eigenvalue weighted by atomic mass is 16.2. The van der Waals surface area contributed by atoms with Crippen LogP contribution in [0.3, 0.4) is 0 Å². The lowest BCUT2D eigenvalue weighted by Gasteiger charge is -2.45. The first-order chi connectivity index (χ1) is 9.94. The summed E-state index contributed by atoms with van der Waals surface area (Å²) >= 11 is 0. The number of pyridine rings is 1. The van der Waals surface area contributed by atoms with Crippen molar-refractivity contribution in [1.82, 2.24) is 14.8 Å². The third-order valence-electron chi connectivity index (χ3n) is 3.90. The molecule has 1 aliphatic heterocycles. The molecule has 5 heteroatoms. The van der Waals surface area contributed by atoms with Crippen molar-refractivity contribution in [2.75, 3.05) is 33.3 Å². The van der Waals surface area contributed by atoms with Crippen LogP contribution >= 0.6 is 0 Å². The van der Waals surface area contributed by atoms with E-state index in [2.05, 4.69) is 42.6 Å². The van der Waals surface area contributed by atoms with Crippen molar-refractivity contribution in [3.05, 3.63) is 29.6 Å². The largest absolute Gasteiger partial charge is 0.384 e. The fourth-order valence-corrected chi connectivity index (χ4v) is 2.36. The van der Waals surface area contributed by atoms with Crippen LogP contribution in [-0.4, -0.2) is 64.6 Å². The molecule has 0 atom stereocenters. The van der Waals surface area contributed by atoms with Gasteiger partial charge in [0.25, 0.3) is 5.91 Å². The summed E-state index contributed by atoms with van der Waals surface area (Å²) in [5, 5.41) is 8.72. The highest BCUT2D eigenvalue weighted by Gasteiger charge is 2.33. The van der Waals surface area contributed by atoms with Crippen LogP contribution < -0.4 is 0 Å². The Morgan fingerprint density at radius 3 is 2.86 bits per heavy atom. The average Bonchev–Trinajstić information content (AvgIpc) is 2.47. The minimum atomic E-state index is -0.204. The maximum atomic E-state index is 12.6. The summed E-state index contributed by atoms with van der Waals surface area (Å²) in [6.07, 6.45) is 3.16. The zero-order valence-electron chi connectivity index (χ0n) is 12.8. The molecule has 1 amide bonds. The normalized spacial score (nSPS) is 18.0. The van der Waals surface area contributed by atoms with Crippen LogP contribution in [0.25, 0.3) is 0 Å². The number of carbonyl (C=O) groups excluding carboxylic acids is 1. The van der Waals surface area contributed by atoms with Crippen molar-refractivity contribution in [3.8, 4) is 11.8 Å². The van der Waals surface area contributed by atoms with Crippen molar-refractivity contribution in [2.24, 2.45) is 0 Å². The summed E-state index contributed by atoms with van der Waals surface area (Å²) < 4.78 is 0. The Bertz CT molecular complexity index is 587. The Kier molecular flexibility index (Phi) is 4.61. The standard InChI is InChI=1S/C16H21N3O2/c1-16(2)12-19(7-6-18(16)3)15(21)14-9-13(5-4-8-20)10-17-11-14/h9-11,20H,6-8,12H2,1-3H3. The average molecular weight is 287 g/mol. The molecule has 2 heterocycles. The number of hydrogen-bond acceptors (Lipinski definition) is 4. The molecular weight excluding hydrogens is 266 g/mol. The minimum Gasteiger partial charge on any atom is -0.384 e. The molecule has 0 aromatic carbocycles. The van der Waals surface area contributed by atoms with Crippen molar-refractivity contribution < 1.29 is 9.90 Å². The van der Waals surface area contributed by atoms with E-state index in [-0.39, 0.29) is 18.1 Å². The summed E-state index contributed by atoms with van der Waals surface area (Å²) in [7, 11) is 2.08. The third-order valence-corrected chi connectivity index (χ3v) is 3.90. The van der Waals surface area contributed by atoms with Gasteiger partial charge < -0.3 is 10.0 Å². The van der Waals surface area contributed by atoms with Gasteiger partial charge in [-0.1, -0.05) is 11.8 Å². The number of aromatic nitrogens is 1. The second-order valence-corrected chi connectivity index (χ2v) is 5.88. The van der Waals surface area contributed by atoms with E-state index >= 15 is 0 Å². The number of carbonyl (C=O) groups is 1. The lowest BCUT2D eigenvalue weighted by Crippen LogP contribution is -2.58. The van der Waals surface area contributed by atoms with Crippen LogP contribution in [-0.2, 0) is 0 Å². The molecule has 1 saturated heterocycles. The molecule has 0 saturated carbocycles. The molecule has 1 aromatic rings. The molecule has 112 valence electrons. The Morgan fingerprint density at radius 1 is 1.43 bits per heavy atom. The molecule has 2 rings (SSSR count). The van der Waals surface area contributed by atoms with Gasteiger partial charge in [0.1, 0.15) is 6.61 Å². The summed E-state index contributed by atoms with van der Waals surface area (Å²) in [6, 6.07) is 1.73. The predicted molar refractivity (Wildman–Crippen MR) is 80.8 cm³/mol. The fraction of sp³-hybridized carbons (Fsp3) is 0.500. The maximum Gasteiger partial charge on any atom is 0.255 e. The van der Waals surface area contributed by atoms with Gasteiger partial charge in [0, 0.05) is 43.1 Å². The van der Waals surface area contributed by atoms with Crippen molar-refractivity contribution in [3.63, 3.8) is 0 Å². The van der Waals surface area contributed by atoms with Crippen molar-refractivity contribution >= 4 is 5.91 Å². The summed E-state index contributed by atoms with van der Waals surface area (Å²) in [4.78, 5) is 20.8. The number of nitrogens with zero attached hydrogens (tertiary/aromatic N) is 3. The van der Waals surface area contributed by atoms with Crippen LogP contribution in [0.1, 0.15) is 29.8 Å². The van der Waals surface area contributed by atoms with E-state index in [9.17, 15) is 4.79 Å².